The minimum atomic E-state index is -0.0122. The van der Waals surface area contributed by atoms with Crippen molar-refractivity contribution >= 4 is 18.3 Å². The van der Waals surface area contributed by atoms with Gasteiger partial charge in [0.1, 0.15) is 0 Å². The molecule has 0 radical (unpaired) electrons. The Morgan fingerprint density at radius 2 is 2.00 bits per heavy atom. The van der Waals surface area contributed by atoms with Crippen LogP contribution in [0, 0.1) is 19.8 Å². The molecule has 0 saturated carbocycles. The van der Waals surface area contributed by atoms with Gasteiger partial charge in [-0.2, -0.15) is 5.10 Å². The van der Waals surface area contributed by atoms with Crippen molar-refractivity contribution in [2.45, 2.75) is 13.8 Å². The van der Waals surface area contributed by atoms with Crippen LogP contribution in [0.1, 0.15) is 21.7 Å². The fourth-order valence-corrected chi connectivity index (χ4v) is 2.48. The van der Waals surface area contributed by atoms with E-state index >= 15 is 0 Å². The van der Waals surface area contributed by atoms with Crippen LogP contribution >= 0.6 is 12.4 Å². The van der Waals surface area contributed by atoms with Gasteiger partial charge in [0.2, 0.25) is 0 Å². The summed E-state index contributed by atoms with van der Waals surface area (Å²) >= 11 is 0. The number of nitrogens with one attached hydrogen (secondary N) is 2. The van der Waals surface area contributed by atoms with Crippen LogP contribution in [0.15, 0.2) is 30.3 Å². The van der Waals surface area contributed by atoms with Gasteiger partial charge in [-0.05, 0) is 44.2 Å². The number of rotatable bonds is 4. The Labute approximate surface area is 136 Å². The van der Waals surface area contributed by atoms with Gasteiger partial charge in [-0.1, -0.05) is 0 Å². The molecular formula is C16H21ClN4O. The van der Waals surface area contributed by atoms with Crippen molar-refractivity contribution < 1.29 is 4.79 Å². The molecule has 5 nitrogen and oxygen atoms in total. The molecule has 1 aromatic heterocycles. The molecule has 2 N–H and O–H groups in total. The van der Waals surface area contributed by atoms with Crippen molar-refractivity contribution in [1.29, 1.82) is 0 Å². The first-order chi connectivity index (χ1) is 10.1. The summed E-state index contributed by atoms with van der Waals surface area (Å²) in [6.45, 7) is 6.73. The summed E-state index contributed by atoms with van der Waals surface area (Å²) in [6.07, 6.45) is 0. The predicted octanol–water partition coefficient (Wildman–Crippen LogP) is 1.86. The Morgan fingerprint density at radius 1 is 1.32 bits per heavy atom. The van der Waals surface area contributed by atoms with Gasteiger partial charge in [0.25, 0.3) is 5.91 Å². The number of amides is 1. The second kappa shape index (κ2) is 6.94. The molecule has 0 aliphatic carbocycles. The summed E-state index contributed by atoms with van der Waals surface area (Å²) in [4.78, 5) is 12.1. The van der Waals surface area contributed by atoms with Crippen LogP contribution in [0.3, 0.4) is 0 Å². The maximum atomic E-state index is 12.1. The summed E-state index contributed by atoms with van der Waals surface area (Å²) < 4.78 is 1.89. The maximum Gasteiger partial charge on any atom is 0.251 e. The van der Waals surface area contributed by atoms with E-state index in [0.717, 1.165) is 36.7 Å². The Balaban J connectivity index is 0.00000176. The molecule has 1 saturated heterocycles. The van der Waals surface area contributed by atoms with Gasteiger partial charge in [-0.3, -0.25) is 4.79 Å². The zero-order valence-electron chi connectivity index (χ0n) is 12.8. The van der Waals surface area contributed by atoms with Gasteiger partial charge in [-0.25, -0.2) is 4.68 Å². The highest BCUT2D eigenvalue weighted by Gasteiger charge is 2.17. The van der Waals surface area contributed by atoms with E-state index in [2.05, 4.69) is 15.7 Å². The fourth-order valence-electron chi connectivity index (χ4n) is 2.48. The Kier molecular flexibility index (Phi) is 5.21. The molecule has 2 heterocycles. The van der Waals surface area contributed by atoms with Crippen molar-refractivity contribution in [2.24, 2.45) is 5.92 Å². The predicted molar refractivity (Wildman–Crippen MR) is 89.0 cm³/mol. The second-order valence-corrected chi connectivity index (χ2v) is 5.62. The molecule has 0 unspecified atom stereocenters. The number of nitrogens with zero attached hydrogens (tertiary/aromatic N) is 2. The molecule has 1 amide bonds. The van der Waals surface area contributed by atoms with Gasteiger partial charge in [0, 0.05) is 36.8 Å². The van der Waals surface area contributed by atoms with E-state index < -0.39 is 0 Å². The highest BCUT2D eigenvalue weighted by molar-refractivity contribution is 5.94. The molecule has 2 aromatic rings. The van der Waals surface area contributed by atoms with Crippen LogP contribution < -0.4 is 10.6 Å². The van der Waals surface area contributed by atoms with Crippen LogP contribution in [0.25, 0.3) is 5.69 Å². The number of carbonyl (C=O) groups excluding carboxylic acids is 1. The first-order valence-electron chi connectivity index (χ1n) is 7.26. The zero-order chi connectivity index (χ0) is 14.8. The molecule has 0 atom stereocenters. The molecule has 1 fully saturated rings. The minimum absolute atomic E-state index is 0. The Bertz CT molecular complexity index is 647. The second-order valence-electron chi connectivity index (χ2n) is 5.62. The number of benzene rings is 1. The summed E-state index contributed by atoms with van der Waals surface area (Å²) in [6, 6.07) is 9.59. The lowest BCUT2D eigenvalue weighted by Crippen LogP contribution is -2.48. The maximum absolute atomic E-state index is 12.1. The average molecular weight is 321 g/mol. The van der Waals surface area contributed by atoms with Crippen LogP contribution in [-0.2, 0) is 0 Å². The smallest absolute Gasteiger partial charge is 0.251 e. The lowest BCUT2D eigenvalue weighted by molar-refractivity contribution is 0.0942. The number of aryl methyl sites for hydroxylation is 2. The van der Waals surface area contributed by atoms with Crippen molar-refractivity contribution in [3.63, 3.8) is 0 Å². The molecule has 6 heteroatoms. The lowest BCUT2D eigenvalue weighted by Gasteiger charge is -2.27. The molecular weight excluding hydrogens is 300 g/mol. The normalized spacial score (nSPS) is 14.1. The third-order valence-corrected chi connectivity index (χ3v) is 3.80. The highest BCUT2D eigenvalue weighted by Crippen LogP contribution is 2.13. The third-order valence-electron chi connectivity index (χ3n) is 3.80. The summed E-state index contributed by atoms with van der Waals surface area (Å²) in [7, 11) is 0. The van der Waals surface area contributed by atoms with Crippen LogP contribution in [0.4, 0.5) is 0 Å². The van der Waals surface area contributed by atoms with Crippen molar-refractivity contribution in [3.8, 4) is 5.69 Å². The number of hydrogen-bond donors (Lipinski definition) is 2. The molecule has 118 valence electrons. The monoisotopic (exact) mass is 320 g/mol. The van der Waals surface area contributed by atoms with E-state index in [1.165, 1.54) is 0 Å². The van der Waals surface area contributed by atoms with Gasteiger partial charge < -0.3 is 10.6 Å². The number of hydrogen-bond acceptors (Lipinski definition) is 3. The molecule has 1 aliphatic rings. The number of carbonyl (C=O) groups is 1. The summed E-state index contributed by atoms with van der Waals surface area (Å²) in [5, 5.41) is 10.6. The summed E-state index contributed by atoms with van der Waals surface area (Å²) in [5.74, 6) is 0.560. The van der Waals surface area contributed by atoms with Gasteiger partial charge in [0.05, 0.1) is 11.4 Å². The van der Waals surface area contributed by atoms with E-state index in [-0.39, 0.29) is 18.3 Å². The lowest BCUT2D eigenvalue weighted by atomic mass is 10.0. The SMILES string of the molecule is Cc1cc(C)n(-c2ccc(C(=O)NCC3CNC3)cc2)n1.Cl. The quantitative estimate of drug-likeness (QED) is 0.904. The first-order valence-corrected chi connectivity index (χ1v) is 7.26. The van der Waals surface area contributed by atoms with Crippen LogP contribution in [0.2, 0.25) is 0 Å². The zero-order valence-corrected chi connectivity index (χ0v) is 13.6. The molecule has 0 spiro atoms. The number of halogens is 1. The average Bonchev–Trinajstić information content (AvgIpc) is 2.76. The minimum Gasteiger partial charge on any atom is -0.352 e. The molecule has 22 heavy (non-hydrogen) atoms. The fraction of sp³-hybridized carbons (Fsp3) is 0.375. The molecule has 1 aromatic carbocycles. The topological polar surface area (TPSA) is 59.0 Å². The highest BCUT2D eigenvalue weighted by atomic mass is 35.5. The number of aromatic nitrogens is 2. The van der Waals surface area contributed by atoms with Crippen LogP contribution in [-0.4, -0.2) is 35.3 Å². The van der Waals surface area contributed by atoms with E-state index in [9.17, 15) is 4.79 Å². The van der Waals surface area contributed by atoms with Gasteiger partial charge in [0.15, 0.2) is 0 Å². The third kappa shape index (κ3) is 3.48. The largest absolute Gasteiger partial charge is 0.352 e. The standard InChI is InChI=1S/C16H20N4O.ClH/c1-11-7-12(2)20(19-11)15-5-3-14(4-6-15)16(21)18-10-13-8-17-9-13;/h3-7,13,17H,8-10H2,1-2H3,(H,18,21);1H. The first kappa shape index (κ1) is 16.5. The summed E-state index contributed by atoms with van der Waals surface area (Å²) in [5.41, 5.74) is 3.73. The van der Waals surface area contributed by atoms with Crippen molar-refractivity contribution in [3.05, 3.63) is 47.3 Å². The van der Waals surface area contributed by atoms with Gasteiger partial charge in [-0.15, -0.1) is 12.4 Å². The molecule has 3 rings (SSSR count). The molecule has 0 bridgehead atoms. The van der Waals surface area contributed by atoms with Crippen LogP contribution in [0.5, 0.6) is 0 Å². The Hall–Kier alpha value is -1.85. The van der Waals surface area contributed by atoms with Crippen molar-refractivity contribution in [2.75, 3.05) is 19.6 Å². The Morgan fingerprint density at radius 3 is 2.50 bits per heavy atom. The van der Waals surface area contributed by atoms with Crippen molar-refractivity contribution in [1.82, 2.24) is 20.4 Å². The van der Waals surface area contributed by atoms with E-state index in [0.29, 0.717) is 11.5 Å². The van der Waals surface area contributed by atoms with Gasteiger partial charge >= 0.3 is 0 Å². The van der Waals surface area contributed by atoms with E-state index in [1.54, 1.807) is 0 Å². The van der Waals surface area contributed by atoms with E-state index in [4.69, 9.17) is 0 Å². The molecule has 1 aliphatic heterocycles. The van der Waals surface area contributed by atoms with E-state index in [1.807, 2.05) is 48.9 Å².